The largest absolute Gasteiger partial charge is 0.378 e. The second-order valence-corrected chi connectivity index (χ2v) is 4.94. The van der Waals surface area contributed by atoms with E-state index in [0.717, 1.165) is 18.4 Å². The van der Waals surface area contributed by atoms with Crippen LogP contribution in [-0.2, 0) is 4.74 Å². The van der Waals surface area contributed by atoms with Crippen LogP contribution in [0.2, 0.25) is 0 Å². The third-order valence-electron chi connectivity index (χ3n) is 3.32. The van der Waals surface area contributed by atoms with Gasteiger partial charge in [0.1, 0.15) is 0 Å². The van der Waals surface area contributed by atoms with Crippen molar-refractivity contribution in [3.8, 4) is 0 Å². The Kier molecular flexibility index (Phi) is 2.40. The van der Waals surface area contributed by atoms with Crippen LogP contribution in [0.3, 0.4) is 0 Å². The quantitative estimate of drug-likeness (QED) is 0.629. The van der Waals surface area contributed by atoms with E-state index in [0.29, 0.717) is 12.0 Å². The third kappa shape index (κ3) is 1.66. The van der Waals surface area contributed by atoms with Crippen molar-refractivity contribution in [1.29, 1.82) is 0 Å². The molecule has 0 unspecified atom stereocenters. The molecule has 1 heteroatoms. The van der Waals surface area contributed by atoms with E-state index in [2.05, 4.69) is 13.8 Å². The van der Waals surface area contributed by atoms with Crippen LogP contribution in [-0.4, -0.2) is 12.7 Å². The summed E-state index contributed by atoms with van der Waals surface area (Å²) < 4.78 is 5.90. The maximum atomic E-state index is 5.90. The Morgan fingerprint density at radius 2 is 2.08 bits per heavy atom. The number of hydrogen-bond donors (Lipinski definition) is 0. The minimum atomic E-state index is 0.631. The first-order valence-corrected chi connectivity index (χ1v) is 5.37. The lowest BCUT2D eigenvalue weighted by atomic mass is 9.98. The zero-order chi connectivity index (χ0) is 8.55. The maximum Gasteiger partial charge on any atom is 0.0606 e. The first kappa shape index (κ1) is 8.55. The molecule has 2 fully saturated rings. The van der Waals surface area contributed by atoms with Crippen molar-refractivity contribution in [3.63, 3.8) is 0 Å². The molecule has 0 aliphatic heterocycles. The summed E-state index contributed by atoms with van der Waals surface area (Å²) in [6, 6.07) is 0. The first-order valence-electron chi connectivity index (χ1n) is 5.37. The van der Waals surface area contributed by atoms with E-state index in [4.69, 9.17) is 4.74 Å². The average molecular weight is 168 g/mol. The molecule has 0 spiro atoms. The predicted octanol–water partition coefficient (Wildman–Crippen LogP) is 2.85. The van der Waals surface area contributed by atoms with Gasteiger partial charge in [0.05, 0.1) is 6.10 Å². The molecule has 12 heavy (non-hydrogen) atoms. The smallest absolute Gasteiger partial charge is 0.0606 e. The van der Waals surface area contributed by atoms with Crippen molar-refractivity contribution >= 4 is 0 Å². The highest BCUT2D eigenvalue weighted by Crippen LogP contribution is 2.45. The molecular weight excluding hydrogens is 148 g/mol. The van der Waals surface area contributed by atoms with E-state index in [-0.39, 0.29) is 0 Å². The lowest BCUT2D eigenvalue weighted by molar-refractivity contribution is 0.00265. The standard InChI is InChI=1S/C11H20O/c1-8(2)7-12-11-6-9-3-4-10(11)5-9/h8-11H,3-7H2,1-2H3/t9-,10+,11-/m0/s1. The number of hydrogen-bond acceptors (Lipinski definition) is 1. The monoisotopic (exact) mass is 168 g/mol. The molecule has 0 heterocycles. The van der Waals surface area contributed by atoms with Gasteiger partial charge in [-0.15, -0.1) is 0 Å². The van der Waals surface area contributed by atoms with Gasteiger partial charge in [-0.1, -0.05) is 13.8 Å². The Balaban J connectivity index is 1.76. The van der Waals surface area contributed by atoms with Gasteiger partial charge in [0.25, 0.3) is 0 Å². The van der Waals surface area contributed by atoms with E-state index in [1.54, 1.807) is 0 Å². The van der Waals surface area contributed by atoms with E-state index < -0.39 is 0 Å². The average Bonchev–Trinajstić information content (AvgIpc) is 2.60. The number of fused-ring (bicyclic) bond motifs is 2. The van der Waals surface area contributed by atoms with Gasteiger partial charge in [0, 0.05) is 6.61 Å². The van der Waals surface area contributed by atoms with Gasteiger partial charge < -0.3 is 4.74 Å². The van der Waals surface area contributed by atoms with Gasteiger partial charge in [-0.3, -0.25) is 0 Å². The molecule has 3 atom stereocenters. The fourth-order valence-electron chi connectivity index (χ4n) is 2.71. The molecule has 0 saturated heterocycles. The van der Waals surface area contributed by atoms with Crippen molar-refractivity contribution in [3.05, 3.63) is 0 Å². The first-order chi connectivity index (χ1) is 5.75. The van der Waals surface area contributed by atoms with Gasteiger partial charge in [-0.05, 0) is 43.4 Å². The van der Waals surface area contributed by atoms with Gasteiger partial charge in [0.2, 0.25) is 0 Å². The molecule has 0 aromatic carbocycles. The molecule has 2 saturated carbocycles. The van der Waals surface area contributed by atoms with E-state index >= 15 is 0 Å². The molecule has 0 N–H and O–H groups in total. The molecule has 70 valence electrons. The van der Waals surface area contributed by atoms with E-state index in [1.165, 1.54) is 25.7 Å². The second kappa shape index (κ2) is 3.37. The van der Waals surface area contributed by atoms with Crippen molar-refractivity contribution in [2.75, 3.05) is 6.61 Å². The second-order valence-electron chi connectivity index (χ2n) is 4.94. The van der Waals surface area contributed by atoms with Gasteiger partial charge >= 0.3 is 0 Å². The molecule has 1 nitrogen and oxygen atoms in total. The van der Waals surface area contributed by atoms with Crippen LogP contribution in [0.15, 0.2) is 0 Å². The molecule has 0 radical (unpaired) electrons. The molecule has 2 aliphatic rings. The highest BCUT2D eigenvalue weighted by Gasteiger charge is 2.39. The Bertz CT molecular complexity index is 153. The zero-order valence-electron chi connectivity index (χ0n) is 8.25. The molecule has 2 rings (SSSR count). The lowest BCUT2D eigenvalue weighted by Crippen LogP contribution is -2.22. The normalized spacial score (nSPS) is 39.8. The van der Waals surface area contributed by atoms with Gasteiger partial charge in [-0.25, -0.2) is 0 Å². The lowest BCUT2D eigenvalue weighted by Gasteiger charge is -2.22. The highest BCUT2D eigenvalue weighted by molar-refractivity contribution is 4.90. The number of ether oxygens (including phenoxy) is 1. The summed E-state index contributed by atoms with van der Waals surface area (Å²) in [5.41, 5.74) is 0. The van der Waals surface area contributed by atoms with E-state index in [9.17, 15) is 0 Å². The summed E-state index contributed by atoms with van der Waals surface area (Å²) in [5, 5.41) is 0. The van der Waals surface area contributed by atoms with Crippen LogP contribution in [0.25, 0.3) is 0 Å². The van der Waals surface area contributed by atoms with Crippen LogP contribution in [0, 0.1) is 17.8 Å². The van der Waals surface area contributed by atoms with Crippen LogP contribution in [0.1, 0.15) is 39.5 Å². The summed E-state index contributed by atoms with van der Waals surface area (Å²) >= 11 is 0. The summed E-state index contributed by atoms with van der Waals surface area (Å²) in [6.07, 6.45) is 6.37. The molecule has 2 aliphatic carbocycles. The summed E-state index contributed by atoms with van der Waals surface area (Å²) in [7, 11) is 0. The fraction of sp³-hybridized carbons (Fsp3) is 1.00. The predicted molar refractivity (Wildman–Crippen MR) is 50.0 cm³/mol. The number of rotatable bonds is 3. The Morgan fingerprint density at radius 3 is 2.58 bits per heavy atom. The molecule has 0 aromatic heterocycles. The topological polar surface area (TPSA) is 9.23 Å². The van der Waals surface area contributed by atoms with Crippen molar-refractivity contribution in [2.24, 2.45) is 17.8 Å². The Hall–Kier alpha value is -0.0400. The third-order valence-corrected chi connectivity index (χ3v) is 3.32. The van der Waals surface area contributed by atoms with Crippen molar-refractivity contribution in [2.45, 2.75) is 45.6 Å². The van der Waals surface area contributed by atoms with Gasteiger partial charge in [-0.2, -0.15) is 0 Å². The van der Waals surface area contributed by atoms with Crippen molar-refractivity contribution < 1.29 is 4.74 Å². The molecule has 0 aromatic rings. The van der Waals surface area contributed by atoms with Gasteiger partial charge in [0.15, 0.2) is 0 Å². The molecule has 2 bridgehead atoms. The molecule has 0 amide bonds. The summed E-state index contributed by atoms with van der Waals surface area (Å²) in [5.74, 6) is 2.64. The summed E-state index contributed by atoms with van der Waals surface area (Å²) in [6.45, 7) is 5.42. The SMILES string of the molecule is CC(C)CO[C@H]1C[C@H]2CC[C@@H]1C2. The van der Waals surface area contributed by atoms with Crippen LogP contribution in [0.5, 0.6) is 0 Å². The Morgan fingerprint density at radius 1 is 1.25 bits per heavy atom. The highest BCUT2D eigenvalue weighted by atomic mass is 16.5. The fourth-order valence-corrected chi connectivity index (χ4v) is 2.71. The maximum absolute atomic E-state index is 5.90. The van der Waals surface area contributed by atoms with Crippen LogP contribution >= 0.6 is 0 Å². The van der Waals surface area contributed by atoms with Crippen LogP contribution in [0.4, 0.5) is 0 Å². The minimum absolute atomic E-state index is 0.631. The molecular formula is C11H20O. The Labute approximate surface area is 75.5 Å². The van der Waals surface area contributed by atoms with E-state index in [1.807, 2.05) is 0 Å². The zero-order valence-corrected chi connectivity index (χ0v) is 8.25. The minimum Gasteiger partial charge on any atom is -0.378 e. The summed E-state index contributed by atoms with van der Waals surface area (Å²) in [4.78, 5) is 0. The van der Waals surface area contributed by atoms with Crippen molar-refractivity contribution in [1.82, 2.24) is 0 Å². The van der Waals surface area contributed by atoms with Crippen LogP contribution < -0.4 is 0 Å².